The van der Waals surface area contributed by atoms with Gasteiger partial charge >= 0.3 is 6.18 Å². The summed E-state index contributed by atoms with van der Waals surface area (Å²) >= 11 is 0. The zero-order valence-electron chi connectivity index (χ0n) is 12.3. The second-order valence-corrected chi connectivity index (χ2v) is 6.97. The van der Waals surface area contributed by atoms with Crippen LogP contribution >= 0.6 is 0 Å². The molecule has 0 amide bonds. The maximum atomic E-state index is 13.1. The molecule has 0 aliphatic heterocycles. The summed E-state index contributed by atoms with van der Waals surface area (Å²) in [6, 6.07) is 7.69. The van der Waals surface area contributed by atoms with Gasteiger partial charge in [0.05, 0.1) is 22.2 Å². The Morgan fingerprint density at radius 3 is 2.58 bits per heavy atom. The summed E-state index contributed by atoms with van der Waals surface area (Å²) in [6.45, 7) is 0. The van der Waals surface area contributed by atoms with Crippen LogP contribution < -0.4 is 4.72 Å². The Bertz CT molecular complexity index is 1010. The number of nitrogens with zero attached hydrogens (tertiary/aromatic N) is 1. The number of benzene rings is 2. The highest BCUT2D eigenvalue weighted by Crippen LogP contribution is 2.37. The van der Waals surface area contributed by atoms with Gasteiger partial charge in [0.1, 0.15) is 0 Å². The molecule has 1 aromatic heterocycles. The molecule has 2 N–H and O–H groups in total. The molecule has 0 atom stereocenters. The molecule has 0 radical (unpaired) electrons. The van der Waals surface area contributed by atoms with Gasteiger partial charge in [-0.15, -0.1) is 0 Å². The third-order valence-electron chi connectivity index (χ3n) is 3.61. The Morgan fingerprint density at radius 2 is 1.92 bits per heavy atom. The number of aromatic nitrogens is 2. The van der Waals surface area contributed by atoms with Crippen molar-refractivity contribution in [2.24, 2.45) is 0 Å². The predicted molar refractivity (Wildman–Crippen MR) is 82.8 cm³/mol. The fraction of sp³-hybridized carbons (Fsp3) is 0.133. The number of alkyl halides is 3. The van der Waals surface area contributed by atoms with Crippen molar-refractivity contribution in [2.75, 3.05) is 7.05 Å². The van der Waals surface area contributed by atoms with E-state index in [-0.39, 0.29) is 16.0 Å². The van der Waals surface area contributed by atoms with Gasteiger partial charge in [-0.2, -0.15) is 18.3 Å². The summed E-state index contributed by atoms with van der Waals surface area (Å²) in [6.07, 6.45) is -3.12. The van der Waals surface area contributed by atoms with Gasteiger partial charge in [-0.1, -0.05) is 12.1 Å². The van der Waals surface area contributed by atoms with Gasteiger partial charge in [-0.3, -0.25) is 5.10 Å². The topological polar surface area (TPSA) is 74.8 Å². The van der Waals surface area contributed by atoms with Gasteiger partial charge in [-0.25, -0.2) is 13.1 Å². The number of halogens is 3. The Morgan fingerprint density at radius 1 is 1.17 bits per heavy atom. The van der Waals surface area contributed by atoms with Crippen molar-refractivity contribution in [2.45, 2.75) is 11.1 Å². The zero-order chi connectivity index (χ0) is 17.5. The van der Waals surface area contributed by atoms with Crippen LogP contribution in [-0.4, -0.2) is 25.7 Å². The summed E-state index contributed by atoms with van der Waals surface area (Å²) in [7, 11) is -2.44. The van der Waals surface area contributed by atoms with E-state index in [1.807, 2.05) is 0 Å². The number of fused-ring (bicyclic) bond motifs is 1. The van der Waals surface area contributed by atoms with Crippen LogP contribution in [0, 0.1) is 0 Å². The molecule has 9 heteroatoms. The number of hydrogen-bond acceptors (Lipinski definition) is 3. The second kappa shape index (κ2) is 5.60. The molecule has 3 rings (SSSR count). The fourth-order valence-corrected chi connectivity index (χ4v) is 3.18. The first kappa shape index (κ1) is 16.5. The van der Waals surface area contributed by atoms with Gasteiger partial charge in [0.2, 0.25) is 10.0 Å². The van der Waals surface area contributed by atoms with Crippen LogP contribution in [0.4, 0.5) is 13.2 Å². The largest absolute Gasteiger partial charge is 0.416 e. The summed E-state index contributed by atoms with van der Waals surface area (Å²) in [5.41, 5.74) is -0.0108. The third-order valence-corrected chi connectivity index (χ3v) is 5.02. The Kier molecular flexibility index (Phi) is 3.84. The maximum Gasteiger partial charge on any atom is 0.416 e. The molecule has 0 spiro atoms. The minimum atomic E-state index is -4.53. The molecule has 0 unspecified atom stereocenters. The molecule has 0 aliphatic carbocycles. The van der Waals surface area contributed by atoms with Crippen LogP contribution in [0.5, 0.6) is 0 Å². The highest BCUT2D eigenvalue weighted by Gasteiger charge is 2.31. The quantitative estimate of drug-likeness (QED) is 0.758. The lowest BCUT2D eigenvalue weighted by molar-refractivity contribution is -0.137. The normalized spacial score (nSPS) is 12.7. The van der Waals surface area contributed by atoms with Gasteiger partial charge in [0, 0.05) is 5.39 Å². The van der Waals surface area contributed by atoms with Gasteiger partial charge in [0.15, 0.2) is 0 Å². The Labute approximate surface area is 135 Å². The molecule has 0 bridgehead atoms. The highest BCUT2D eigenvalue weighted by atomic mass is 32.2. The average Bonchev–Trinajstić information content (AvgIpc) is 3.01. The average molecular weight is 355 g/mol. The van der Waals surface area contributed by atoms with Crippen molar-refractivity contribution < 1.29 is 21.6 Å². The van der Waals surface area contributed by atoms with Crippen molar-refractivity contribution in [1.29, 1.82) is 0 Å². The van der Waals surface area contributed by atoms with E-state index in [9.17, 15) is 21.6 Å². The third kappa shape index (κ3) is 2.87. The van der Waals surface area contributed by atoms with Crippen LogP contribution in [0.2, 0.25) is 0 Å². The number of H-pyrrole nitrogens is 1. The van der Waals surface area contributed by atoms with Crippen molar-refractivity contribution in [3.63, 3.8) is 0 Å². The number of nitrogens with one attached hydrogen (secondary N) is 2. The standard InChI is InChI=1S/C15H12F3N3O2S/c1-19-24(22,23)11-4-2-3-9(5-11)12-6-10(15(16,17)18)7-14-13(12)8-20-21-14/h2-8,19H,1H3,(H,20,21). The molecule has 2 aromatic carbocycles. The van der Waals surface area contributed by atoms with E-state index >= 15 is 0 Å². The first-order chi connectivity index (χ1) is 11.2. The number of hydrogen-bond donors (Lipinski definition) is 2. The lowest BCUT2D eigenvalue weighted by atomic mass is 9.99. The minimum absolute atomic E-state index is 0.0310. The minimum Gasteiger partial charge on any atom is -0.278 e. The summed E-state index contributed by atoms with van der Waals surface area (Å²) < 4.78 is 65.3. The van der Waals surface area contributed by atoms with Crippen LogP contribution in [0.15, 0.2) is 47.5 Å². The summed E-state index contributed by atoms with van der Waals surface area (Å²) in [5.74, 6) is 0. The van der Waals surface area contributed by atoms with E-state index in [2.05, 4.69) is 14.9 Å². The Hall–Kier alpha value is -2.39. The number of sulfonamides is 1. The van der Waals surface area contributed by atoms with Crippen LogP contribution in [0.1, 0.15) is 5.56 Å². The van der Waals surface area contributed by atoms with E-state index in [0.29, 0.717) is 10.9 Å². The van der Waals surface area contributed by atoms with Crippen LogP contribution in [-0.2, 0) is 16.2 Å². The van der Waals surface area contributed by atoms with Crippen LogP contribution in [0.25, 0.3) is 22.0 Å². The van der Waals surface area contributed by atoms with E-state index in [1.165, 1.54) is 31.4 Å². The lowest BCUT2D eigenvalue weighted by Crippen LogP contribution is -2.18. The molecule has 5 nitrogen and oxygen atoms in total. The molecular formula is C15H12F3N3O2S. The van der Waals surface area contributed by atoms with Crippen molar-refractivity contribution >= 4 is 20.9 Å². The zero-order valence-corrected chi connectivity index (χ0v) is 13.2. The van der Waals surface area contributed by atoms with E-state index in [1.54, 1.807) is 6.07 Å². The molecule has 0 fully saturated rings. The lowest BCUT2D eigenvalue weighted by Gasteiger charge is -2.11. The van der Waals surface area contributed by atoms with Crippen LogP contribution in [0.3, 0.4) is 0 Å². The highest BCUT2D eigenvalue weighted by molar-refractivity contribution is 7.89. The smallest absolute Gasteiger partial charge is 0.278 e. The number of aromatic amines is 1. The molecule has 0 saturated heterocycles. The fourth-order valence-electron chi connectivity index (χ4n) is 2.40. The van der Waals surface area contributed by atoms with Crippen molar-refractivity contribution in [1.82, 2.24) is 14.9 Å². The first-order valence-electron chi connectivity index (χ1n) is 6.81. The molecule has 126 valence electrons. The molecule has 0 saturated carbocycles. The van der Waals surface area contributed by atoms with E-state index in [0.717, 1.165) is 12.1 Å². The maximum absolute atomic E-state index is 13.1. The molecule has 3 aromatic rings. The van der Waals surface area contributed by atoms with Crippen molar-refractivity contribution in [3.05, 3.63) is 48.2 Å². The molecular weight excluding hydrogens is 343 g/mol. The first-order valence-corrected chi connectivity index (χ1v) is 8.29. The molecule has 0 aliphatic rings. The van der Waals surface area contributed by atoms with Gasteiger partial charge in [-0.05, 0) is 42.4 Å². The second-order valence-electron chi connectivity index (χ2n) is 5.09. The monoisotopic (exact) mass is 355 g/mol. The molecule has 1 heterocycles. The SMILES string of the molecule is CNS(=O)(=O)c1cccc(-c2cc(C(F)(F)F)cc3[nH]ncc23)c1. The molecule has 24 heavy (non-hydrogen) atoms. The van der Waals surface area contributed by atoms with E-state index in [4.69, 9.17) is 0 Å². The summed E-state index contributed by atoms with van der Waals surface area (Å²) in [5, 5.41) is 6.77. The summed E-state index contributed by atoms with van der Waals surface area (Å²) in [4.78, 5) is -0.0310. The van der Waals surface area contributed by atoms with Crippen molar-refractivity contribution in [3.8, 4) is 11.1 Å². The predicted octanol–water partition coefficient (Wildman–Crippen LogP) is 3.16. The van der Waals surface area contributed by atoms with Gasteiger partial charge in [0.25, 0.3) is 0 Å². The Balaban J connectivity index is 2.26. The van der Waals surface area contributed by atoms with E-state index < -0.39 is 21.8 Å². The number of rotatable bonds is 3. The van der Waals surface area contributed by atoms with Gasteiger partial charge < -0.3 is 0 Å².